The molecule has 2 aromatic rings. The van der Waals surface area contributed by atoms with Crippen LogP contribution in [0, 0.1) is 6.92 Å². The Kier molecular flexibility index (Phi) is 1.94. The third-order valence-corrected chi connectivity index (χ3v) is 2.60. The number of thiophene rings is 1. The van der Waals surface area contributed by atoms with Crippen molar-refractivity contribution in [2.24, 2.45) is 0 Å². The normalized spacial score (nSPS) is 10.2. The summed E-state index contributed by atoms with van der Waals surface area (Å²) in [5.41, 5.74) is 1.07. The molecule has 5 heteroatoms. The minimum Gasteiger partial charge on any atom is -0.287 e. The number of aryl methyl sites for hydroxylation is 1. The molecule has 0 atom stereocenters. The number of aromatic nitrogens is 3. The second-order valence-electron chi connectivity index (χ2n) is 2.57. The minimum absolute atomic E-state index is 0.0764. The van der Waals surface area contributed by atoms with E-state index in [0.29, 0.717) is 11.3 Å². The fourth-order valence-electron chi connectivity index (χ4n) is 1.07. The zero-order chi connectivity index (χ0) is 9.26. The first-order valence-corrected chi connectivity index (χ1v) is 4.61. The molecule has 0 aliphatic carbocycles. The lowest BCUT2D eigenvalue weighted by molar-refractivity contribution is 0.103. The van der Waals surface area contributed by atoms with Gasteiger partial charge in [0.25, 0.3) is 0 Å². The van der Waals surface area contributed by atoms with Gasteiger partial charge in [-0.25, -0.2) is 0 Å². The molecule has 0 saturated heterocycles. The molecule has 0 aliphatic rings. The van der Waals surface area contributed by atoms with Gasteiger partial charge >= 0.3 is 0 Å². The molecule has 0 saturated carbocycles. The second kappa shape index (κ2) is 3.10. The van der Waals surface area contributed by atoms with Gasteiger partial charge in [0, 0.05) is 10.4 Å². The average Bonchev–Trinajstić information content (AvgIpc) is 2.72. The third-order valence-electron chi connectivity index (χ3n) is 1.75. The highest BCUT2D eigenvalue weighted by molar-refractivity contribution is 7.10. The fourth-order valence-corrected chi connectivity index (χ4v) is 1.77. The van der Waals surface area contributed by atoms with Crippen LogP contribution >= 0.6 is 11.3 Å². The smallest absolute Gasteiger partial charge is 0.215 e. The topological polar surface area (TPSA) is 58.6 Å². The molecule has 66 valence electrons. The minimum atomic E-state index is -0.0764. The summed E-state index contributed by atoms with van der Waals surface area (Å²) in [5, 5.41) is 11.6. The highest BCUT2D eigenvalue weighted by Gasteiger charge is 2.14. The Morgan fingerprint density at radius 1 is 1.62 bits per heavy atom. The Labute approximate surface area is 78.6 Å². The quantitative estimate of drug-likeness (QED) is 0.733. The molecule has 0 spiro atoms. The van der Waals surface area contributed by atoms with Gasteiger partial charge in [-0.3, -0.25) is 4.79 Å². The van der Waals surface area contributed by atoms with Gasteiger partial charge in [0.05, 0.1) is 6.20 Å². The van der Waals surface area contributed by atoms with Crippen LogP contribution < -0.4 is 0 Å². The molecule has 0 unspecified atom stereocenters. The molecule has 2 heterocycles. The Morgan fingerprint density at radius 3 is 3.00 bits per heavy atom. The molecule has 0 bridgehead atoms. The molecule has 4 nitrogen and oxygen atoms in total. The summed E-state index contributed by atoms with van der Waals surface area (Å²) in [4.78, 5) is 12.7. The molecule has 0 aliphatic heterocycles. The second-order valence-corrected chi connectivity index (χ2v) is 3.70. The number of nitrogens with zero attached hydrogens (tertiary/aromatic N) is 2. The molecule has 1 N–H and O–H groups in total. The Hall–Kier alpha value is -1.49. The van der Waals surface area contributed by atoms with Crippen LogP contribution in [-0.2, 0) is 0 Å². The van der Waals surface area contributed by atoms with E-state index in [0.717, 1.165) is 4.88 Å². The molecule has 2 rings (SSSR count). The number of nitrogens with one attached hydrogen (secondary N) is 1. The van der Waals surface area contributed by atoms with Crippen LogP contribution in [0.5, 0.6) is 0 Å². The van der Waals surface area contributed by atoms with E-state index >= 15 is 0 Å². The van der Waals surface area contributed by atoms with E-state index in [9.17, 15) is 4.79 Å². The third kappa shape index (κ3) is 1.38. The lowest BCUT2D eigenvalue weighted by Gasteiger charge is -1.92. The maximum absolute atomic E-state index is 11.7. The van der Waals surface area contributed by atoms with Gasteiger partial charge in [0.2, 0.25) is 5.78 Å². The maximum Gasteiger partial charge on any atom is 0.215 e. The molecule has 0 amide bonds. The van der Waals surface area contributed by atoms with E-state index in [1.165, 1.54) is 6.20 Å². The summed E-state index contributed by atoms with van der Waals surface area (Å²) >= 11 is 1.55. The Bertz CT molecular complexity index is 418. The zero-order valence-corrected chi connectivity index (χ0v) is 7.76. The summed E-state index contributed by atoms with van der Waals surface area (Å²) in [6, 6.07) is 1.80. The first-order chi connectivity index (χ1) is 6.29. The van der Waals surface area contributed by atoms with Crippen LogP contribution in [0.1, 0.15) is 20.9 Å². The van der Waals surface area contributed by atoms with E-state index < -0.39 is 0 Å². The van der Waals surface area contributed by atoms with Crippen LogP contribution in [-0.4, -0.2) is 21.2 Å². The van der Waals surface area contributed by atoms with E-state index in [4.69, 9.17) is 0 Å². The number of H-pyrrole nitrogens is 1. The van der Waals surface area contributed by atoms with Crippen molar-refractivity contribution in [2.75, 3.05) is 0 Å². The molecule has 0 aromatic carbocycles. The average molecular weight is 193 g/mol. The summed E-state index contributed by atoms with van der Waals surface area (Å²) in [6.07, 6.45) is 1.43. The predicted octanol–water partition coefficient (Wildman–Crippen LogP) is 1.41. The van der Waals surface area contributed by atoms with Crippen molar-refractivity contribution in [3.63, 3.8) is 0 Å². The molecule has 2 aromatic heterocycles. The first kappa shape index (κ1) is 8.12. The number of carbonyl (C=O) groups is 1. The van der Waals surface area contributed by atoms with E-state index in [2.05, 4.69) is 15.4 Å². The fraction of sp³-hybridized carbons (Fsp3) is 0.125. The lowest BCUT2D eigenvalue weighted by atomic mass is 10.1. The van der Waals surface area contributed by atoms with E-state index in [1.807, 2.05) is 12.3 Å². The maximum atomic E-state index is 11.7. The Morgan fingerprint density at radius 2 is 2.46 bits per heavy atom. The highest BCUT2D eigenvalue weighted by Crippen LogP contribution is 2.17. The zero-order valence-electron chi connectivity index (χ0n) is 6.94. The van der Waals surface area contributed by atoms with Gasteiger partial charge in [-0.2, -0.15) is 15.4 Å². The molecule has 13 heavy (non-hydrogen) atoms. The highest BCUT2D eigenvalue weighted by atomic mass is 32.1. The van der Waals surface area contributed by atoms with Gasteiger partial charge in [0.15, 0.2) is 5.69 Å². The van der Waals surface area contributed by atoms with Gasteiger partial charge in [0.1, 0.15) is 0 Å². The van der Waals surface area contributed by atoms with Crippen LogP contribution in [0.15, 0.2) is 17.6 Å². The van der Waals surface area contributed by atoms with E-state index in [1.54, 1.807) is 17.4 Å². The van der Waals surface area contributed by atoms with Crippen molar-refractivity contribution in [1.82, 2.24) is 15.4 Å². The number of hydrogen-bond acceptors (Lipinski definition) is 4. The number of carbonyl (C=O) groups excluding carboxylic acids is 1. The monoisotopic (exact) mass is 193 g/mol. The standard InChI is InChI=1S/C8H7N3OS/c1-5-6(2-3-13-5)8(12)7-4-9-11-10-7/h2-4H,1H3,(H,9,10,11). The lowest BCUT2D eigenvalue weighted by Crippen LogP contribution is -2.01. The van der Waals surface area contributed by atoms with Gasteiger partial charge < -0.3 is 0 Å². The molecular weight excluding hydrogens is 186 g/mol. The van der Waals surface area contributed by atoms with Crippen molar-refractivity contribution in [3.05, 3.63) is 33.8 Å². The summed E-state index contributed by atoms with van der Waals surface area (Å²) in [6.45, 7) is 1.91. The van der Waals surface area contributed by atoms with Crippen molar-refractivity contribution < 1.29 is 4.79 Å². The van der Waals surface area contributed by atoms with Crippen LogP contribution in [0.25, 0.3) is 0 Å². The van der Waals surface area contributed by atoms with Crippen LogP contribution in [0.4, 0.5) is 0 Å². The van der Waals surface area contributed by atoms with Crippen molar-refractivity contribution in [2.45, 2.75) is 6.92 Å². The molecule has 0 radical (unpaired) electrons. The predicted molar refractivity (Wildman–Crippen MR) is 48.9 cm³/mol. The van der Waals surface area contributed by atoms with E-state index in [-0.39, 0.29) is 5.78 Å². The van der Waals surface area contributed by atoms with Crippen molar-refractivity contribution in [3.8, 4) is 0 Å². The Balaban J connectivity index is 2.39. The van der Waals surface area contributed by atoms with Crippen LogP contribution in [0.2, 0.25) is 0 Å². The molecule has 0 fully saturated rings. The number of hydrogen-bond donors (Lipinski definition) is 1. The molecular formula is C8H7N3OS. The summed E-state index contributed by atoms with van der Waals surface area (Å²) in [7, 11) is 0. The summed E-state index contributed by atoms with van der Waals surface area (Å²) < 4.78 is 0. The van der Waals surface area contributed by atoms with Gasteiger partial charge in [-0.05, 0) is 18.4 Å². The number of ketones is 1. The van der Waals surface area contributed by atoms with Crippen molar-refractivity contribution in [1.29, 1.82) is 0 Å². The van der Waals surface area contributed by atoms with Gasteiger partial charge in [-0.1, -0.05) is 0 Å². The number of aromatic amines is 1. The SMILES string of the molecule is Cc1sccc1C(=O)c1cn[nH]n1. The first-order valence-electron chi connectivity index (χ1n) is 3.73. The van der Waals surface area contributed by atoms with Gasteiger partial charge in [-0.15, -0.1) is 11.3 Å². The van der Waals surface area contributed by atoms with Crippen molar-refractivity contribution >= 4 is 17.1 Å². The summed E-state index contributed by atoms with van der Waals surface area (Å²) in [5.74, 6) is -0.0764. The number of rotatable bonds is 2. The van der Waals surface area contributed by atoms with Crippen LogP contribution in [0.3, 0.4) is 0 Å². The largest absolute Gasteiger partial charge is 0.287 e.